The highest BCUT2D eigenvalue weighted by Gasteiger charge is 2.10. The van der Waals surface area contributed by atoms with Gasteiger partial charge in [0, 0.05) is 41.3 Å². The minimum Gasteiger partial charge on any atom is -0.395 e. The molecule has 5 N–H and O–H groups in total. The Hall–Kier alpha value is -3.68. The predicted octanol–water partition coefficient (Wildman–Crippen LogP) is 3.15. The van der Waals surface area contributed by atoms with Crippen LogP contribution in [0.4, 0.5) is 0 Å². The number of nitrogens with zero attached hydrogens (tertiary/aromatic N) is 1. The fourth-order valence-electron chi connectivity index (χ4n) is 3.74. The largest absolute Gasteiger partial charge is 0.395 e. The van der Waals surface area contributed by atoms with Gasteiger partial charge in [-0.25, -0.2) is 0 Å². The molecule has 150 valence electrons. The molecule has 0 saturated carbocycles. The molecule has 7 heteroatoms. The van der Waals surface area contributed by atoms with Crippen molar-refractivity contribution < 1.29 is 5.11 Å². The third-order valence-electron chi connectivity index (χ3n) is 5.27. The Bertz CT molecular complexity index is 1380. The smallest absolute Gasteiger partial charge is 0.257 e. The summed E-state index contributed by atoms with van der Waals surface area (Å²) in [5.74, 6) is 0. The van der Waals surface area contributed by atoms with Crippen LogP contribution in [0.5, 0.6) is 0 Å². The van der Waals surface area contributed by atoms with E-state index < -0.39 is 0 Å². The van der Waals surface area contributed by atoms with Crippen molar-refractivity contribution in [3.05, 3.63) is 76.8 Å². The Kier molecular flexibility index (Phi) is 4.66. The molecule has 5 aromatic rings. The first-order valence-corrected chi connectivity index (χ1v) is 9.81. The Morgan fingerprint density at radius 3 is 2.60 bits per heavy atom. The maximum atomic E-state index is 12.7. The maximum Gasteiger partial charge on any atom is 0.257 e. The number of benzene rings is 2. The summed E-state index contributed by atoms with van der Waals surface area (Å²) in [7, 11) is 0. The summed E-state index contributed by atoms with van der Waals surface area (Å²) < 4.78 is 0. The van der Waals surface area contributed by atoms with Crippen molar-refractivity contribution in [2.75, 3.05) is 13.2 Å². The van der Waals surface area contributed by atoms with E-state index in [9.17, 15) is 4.79 Å². The topological polar surface area (TPSA) is 110 Å². The maximum absolute atomic E-state index is 12.7. The highest BCUT2D eigenvalue weighted by molar-refractivity contribution is 5.90. The van der Waals surface area contributed by atoms with Gasteiger partial charge in [0.1, 0.15) is 0 Å². The van der Waals surface area contributed by atoms with E-state index in [1.165, 1.54) is 0 Å². The first kappa shape index (κ1) is 18.4. The number of aromatic nitrogens is 4. The molecule has 7 nitrogen and oxygen atoms in total. The third kappa shape index (κ3) is 3.41. The molecule has 0 radical (unpaired) electrons. The van der Waals surface area contributed by atoms with Crippen molar-refractivity contribution >= 4 is 21.8 Å². The zero-order chi connectivity index (χ0) is 20.5. The number of hydrogen-bond acceptors (Lipinski definition) is 4. The number of H-pyrrole nitrogens is 3. The Morgan fingerprint density at radius 2 is 1.77 bits per heavy atom. The number of nitrogens with one attached hydrogen (secondary N) is 4. The van der Waals surface area contributed by atoms with Gasteiger partial charge in [-0.2, -0.15) is 5.10 Å². The summed E-state index contributed by atoms with van der Waals surface area (Å²) in [4.78, 5) is 19.1. The number of aromatic amines is 3. The second kappa shape index (κ2) is 7.62. The van der Waals surface area contributed by atoms with Gasteiger partial charge in [0.25, 0.3) is 5.56 Å². The van der Waals surface area contributed by atoms with Crippen molar-refractivity contribution in [2.24, 2.45) is 0 Å². The number of rotatable bonds is 6. The van der Waals surface area contributed by atoms with E-state index >= 15 is 0 Å². The molecule has 0 bridgehead atoms. The second-order valence-corrected chi connectivity index (χ2v) is 7.31. The van der Waals surface area contributed by atoms with Crippen LogP contribution in [0.25, 0.3) is 44.2 Å². The van der Waals surface area contributed by atoms with Crippen LogP contribution in [0, 0.1) is 0 Å². The Labute approximate surface area is 171 Å². The van der Waals surface area contributed by atoms with Crippen molar-refractivity contribution in [1.29, 1.82) is 0 Å². The van der Waals surface area contributed by atoms with Crippen molar-refractivity contribution in [1.82, 2.24) is 25.5 Å². The van der Waals surface area contributed by atoms with Crippen LogP contribution >= 0.6 is 0 Å². The van der Waals surface area contributed by atoms with Crippen LogP contribution in [-0.2, 0) is 6.54 Å². The summed E-state index contributed by atoms with van der Waals surface area (Å²) in [6, 6.07) is 16.0. The van der Waals surface area contributed by atoms with Crippen LogP contribution in [0.15, 0.2) is 65.7 Å². The fourth-order valence-corrected chi connectivity index (χ4v) is 3.74. The lowest BCUT2D eigenvalue weighted by molar-refractivity contribution is 0.292. The molecular weight excluding hydrogens is 378 g/mol. The second-order valence-electron chi connectivity index (χ2n) is 7.31. The van der Waals surface area contributed by atoms with Gasteiger partial charge in [0.15, 0.2) is 0 Å². The summed E-state index contributed by atoms with van der Waals surface area (Å²) >= 11 is 0. The van der Waals surface area contributed by atoms with Gasteiger partial charge in [0.2, 0.25) is 0 Å². The van der Waals surface area contributed by atoms with Gasteiger partial charge in [0.05, 0.1) is 24.1 Å². The van der Waals surface area contributed by atoms with Crippen LogP contribution < -0.4 is 10.9 Å². The molecule has 0 fully saturated rings. The molecule has 0 amide bonds. The molecule has 3 aromatic heterocycles. The minimum absolute atomic E-state index is 0.115. The highest BCUT2D eigenvalue weighted by Crippen LogP contribution is 2.27. The number of hydrogen-bond donors (Lipinski definition) is 5. The lowest BCUT2D eigenvalue weighted by Gasteiger charge is -2.04. The van der Waals surface area contributed by atoms with Crippen LogP contribution in [0.3, 0.4) is 0 Å². The normalized spacial score (nSPS) is 11.5. The first-order chi connectivity index (χ1) is 14.7. The molecule has 30 heavy (non-hydrogen) atoms. The molecule has 0 atom stereocenters. The molecular formula is C23H21N5O2. The van der Waals surface area contributed by atoms with Gasteiger partial charge in [-0.1, -0.05) is 12.1 Å². The van der Waals surface area contributed by atoms with Gasteiger partial charge >= 0.3 is 0 Å². The molecule has 0 aliphatic carbocycles. The monoisotopic (exact) mass is 399 g/mol. The number of aliphatic hydroxyl groups is 1. The fraction of sp³-hybridized carbons (Fsp3) is 0.130. The van der Waals surface area contributed by atoms with Crippen molar-refractivity contribution in [3.8, 4) is 22.4 Å². The van der Waals surface area contributed by atoms with Crippen molar-refractivity contribution in [2.45, 2.75) is 6.54 Å². The summed E-state index contributed by atoms with van der Waals surface area (Å²) in [5.41, 5.74) is 6.18. The van der Waals surface area contributed by atoms with E-state index in [-0.39, 0.29) is 12.2 Å². The number of fused-ring (bicyclic) bond motifs is 2. The van der Waals surface area contributed by atoms with Gasteiger partial charge in [-0.3, -0.25) is 9.89 Å². The minimum atomic E-state index is -0.130. The molecule has 2 aromatic carbocycles. The number of aliphatic hydroxyl groups excluding tert-OH is 1. The van der Waals surface area contributed by atoms with Gasteiger partial charge in [-0.15, -0.1) is 0 Å². The van der Waals surface area contributed by atoms with E-state index in [4.69, 9.17) is 5.11 Å². The lowest BCUT2D eigenvalue weighted by Crippen LogP contribution is -2.17. The van der Waals surface area contributed by atoms with E-state index in [1.807, 2.05) is 48.7 Å². The van der Waals surface area contributed by atoms with E-state index in [1.54, 1.807) is 6.20 Å². The molecule has 0 aliphatic rings. The molecule has 3 heterocycles. The summed E-state index contributed by atoms with van der Waals surface area (Å²) in [6.07, 6.45) is 3.62. The molecule has 0 saturated heterocycles. The molecule has 5 rings (SSSR count). The van der Waals surface area contributed by atoms with Crippen molar-refractivity contribution in [3.63, 3.8) is 0 Å². The molecule has 0 spiro atoms. The summed E-state index contributed by atoms with van der Waals surface area (Å²) in [5, 5.41) is 20.9. The Balaban J connectivity index is 1.55. The standard InChI is InChI=1S/C23H21N5O2/c29-6-5-24-11-14-1-3-20-16(7-14)10-22(27-20)19-9-17-8-15(18-12-25-26-13-18)2-4-21(17)28-23(19)30/h1-4,7-10,12-13,24,27,29H,5-6,11H2,(H,25,26)(H,28,30). The summed E-state index contributed by atoms with van der Waals surface area (Å²) in [6.45, 7) is 1.36. The molecule has 0 aliphatic heterocycles. The zero-order valence-corrected chi connectivity index (χ0v) is 16.2. The van der Waals surface area contributed by atoms with Crippen LogP contribution in [0.2, 0.25) is 0 Å². The van der Waals surface area contributed by atoms with E-state index in [0.717, 1.165) is 44.2 Å². The van der Waals surface area contributed by atoms with Crippen LogP contribution in [-0.4, -0.2) is 38.4 Å². The first-order valence-electron chi connectivity index (χ1n) is 9.81. The Morgan fingerprint density at radius 1 is 0.933 bits per heavy atom. The van der Waals surface area contributed by atoms with Crippen LogP contribution in [0.1, 0.15) is 5.56 Å². The third-order valence-corrected chi connectivity index (χ3v) is 5.27. The van der Waals surface area contributed by atoms with Gasteiger partial charge < -0.3 is 20.4 Å². The molecule has 0 unspecified atom stereocenters. The quantitative estimate of drug-likeness (QED) is 0.283. The SMILES string of the molecule is O=c1[nH]c2ccc(-c3cn[nH]c3)cc2cc1-c1cc2cc(CNCCO)ccc2[nH]1. The lowest BCUT2D eigenvalue weighted by atomic mass is 10.0. The van der Waals surface area contributed by atoms with E-state index in [2.05, 4.69) is 31.5 Å². The van der Waals surface area contributed by atoms with E-state index in [0.29, 0.717) is 18.7 Å². The number of pyridine rings is 1. The zero-order valence-electron chi connectivity index (χ0n) is 16.2. The predicted molar refractivity (Wildman–Crippen MR) is 118 cm³/mol. The average molecular weight is 399 g/mol. The van der Waals surface area contributed by atoms with Gasteiger partial charge in [-0.05, 0) is 52.9 Å². The average Bonchev–Trinajstić information content (AvgIpc) is 3.43. The highest BCUT2D eigenvalue weighted by atomic mass is 16.3.